The van der Waals surface area contributed by atoms with Gasteiger partial charge in [0.15, 0.2) is 0 Å². The first-order valence-corrected chi connectivity index (χ1v) is 3.63. The van der Waals surface area contributed by atoms with Gasteiger partial charge in [0.1, 0.15) is 5.82 Å². The molecule has 1 aliphatic rings. The molecule has 0 amide bonds. The maximum atomic E-state index is 3.71. The molecule has 1 rings (SSSR count). The Morgan fingerprint density at radius 3 is 2.18 bits per heavy atom. The molecule has 3 N–H and O–H groups in total. The van der Waals surface area contributed by atoms with Crippen LogP contribution in [0.5, 0.6) is 0 Å². The van der Waals surface area contributed by atoms with Crippen molar-refractivity contribution in [2.24, 2.45) is 0 Å². The topological polar surface area (TPSA) is 39.3 Å². The van der Waals surface area contributed by atoms with E-state index in [4.69, 9.17) is 0 Å². The van der Waals surface area contributed by atoms with Gasteiger partial charge in [-0.2, -0.15) is 5.53 Å². The average Bonchev–Trinajstić information content (AvgIpc) is 2.39. The predicted octanol–water partition coefficient (Wildman–Crippen LogP) is 0.847. The second-order valence-electron chi connectivity index (χ2n) is 1.88. The van der Waals surface area contributed by atoms with Gasteiger partial charge in [0.05, 0.1) is 0 Å². The molecule has 0 aliphatic carbocycles. The number of hydrogen-bond acceptors (Lipinski definition) is 4. The Balaban J connectivity index is 0.000000461. The molecule has 4 heteroatoms. The zero-order chi connectivity index (χ0) is 8.85. The van der Waals surface area contributed by atoms with Crippen molar-refractivity contribution in [3.8, 4) is 0 Å². The van der Waals surface area contributed by atoms with Crippen LogP contribution in [0, 0.1) is 0 Å². The Labute approximate surface area is 67.9 Å². The summed E-state index contributed by atoms with van der Waals surface area (Å²) in [6.45, 7) is 13.3. The van der Waals surface area contributed by atoms with Crippen molar-refractivity contribution >= 4 is 0 Å². The largest absolute Gasteiger partial charge is 0.292 e. The summed E-state index contributed by atoms with van der Waals surface area (Å²) in [7, 11) is 0. The normalized spacial score (nSPS) is 15.2. The van der Waals surface area contributed by atoms with Crippen LogP contribution in [0.15, 0.2) is 24.7 Å². The van der Waals surface area contributed by atoms with Crippen molar-refractivity contribution in [3.05, 3.63) is 24.7 Å². The van der Waals surface area contributed by atoms with E-state index in [-0.39, 0.29) is 0 Å². The molecular weight excluding hydrogens is 140 g/mol. The zero-order valence-corrected chi connectivity index (χ0v) is 7.36. The molecule has 0 atom stereocenters. The highest BCUT2D eigenvalue weighted by Gasteiger charge is 2.12. The number of nitrogens with zero attached hydrogens (tertiary/aromatic N) is 1. The van der Waals surface area contributed by atoms with Crippen LogP contribution in [0.4, 0.5) is 0 Å². The number of rotatable bonds is 1. The molecule has 1 aliphatic heterocycles. The summed E-state index contributed by atoms with van der Waals surface area (Å²) in [5, 5.41) is 1.71. The number of hydrogen-bond donors (Lipinski definition) is 3. The van der Waals surface area contributed by atoms with Crippen molar-refractivity contribution in [1.29, 1.82) is 0 Å². The standard InChI is InChI=1S/C5H10N4.C2H6/c1-4(2)9-5(3)6-7-8-9;1-2/h6-8H,1,3H2,2H3;1-2H3. The fourth-order valence-corrected chi connectivity index (χ4v) is 0.605. The van der Waals surface area contributed by atoms with Gasteiger partial charge in [-0.3, -0.25) is 10.4 Å². The quantitative estimate of drug-likeness (QED) is 0.526. The maximum Gasteiger partial charge on any atom is 0.130 e. The Hall–Kier alpha value is -1.00. The van der Waals surface area contributed by atoms with Gasteiger partial charge in [-0.25, -0.2) is 0 Å². The summed E-state index contributed by atoms with van der Waals surface area (Å²) < 4.78 is 0. The van der Waals surface area contributed by atoms with E-state index in [2.05, 4.69) is 29.7 Å². The van der Waals surface area contributed by atoms with Gasteiger partial charge in [0, 0.05) is 5.70 Å². The first kappa shape index (κ1) is 10.0. The molecule has 11 heavy (non-hydrogen) atoms. The van der Waals surface area contributed by atoms with Crippen molar-refractivity contribution < 1.29 is 0 Å². The Kier molecular flexibility index (Phi) is 4.33. The van der Waals surface area contributed by atoms with E-state index in [9.17, 15) is 0 Å². The van der Waals surface area contributed by atoms with E-state index in [0.717, 1.165) is 11.5 Å². The van der Waals surface area contributed by atoms with Gasteiger partial charge in [0.25, 0.3) is 0 Å². The molecule has 0 aromatic carbocycles. The minimum Gasteiger partial charge on any atom is -0.292 e. The molecule has 0 aromatic heterocycles. The summed E-state index contributed by atoms with van der Waals surface area (Å²) in [4.78, 5) is 0. The number of allylic oxidation sites excluding steroid dienone is 1. The van der Waals surface area contributed by atoms with E-state index < -0.39 is 0 Å². The molecule has 0 saturated carbocycles. The van der Waals surface area contributed by atoms with Gasteiger partial charge >= 0.3 is 0 Å². The molecule has 64 valence electrons. The Morgan fingerprint density at radius 2 is 2.00 bits per heavy atom. The van der Waals surface area contributed by atoms with Gasteiger partial charge in [-0.1, -0.05) is 27.0 Å². The molecule has 0 aromatic rings. The highest BCUT2D eigenvalue weighted by molar-refractivity contribution is 5.02. The minimum atomic E-state index is 0.752. The second-order valence-corrected chi connectivity index (χ2v) is 1.88. The van der Waals surface area contributed by atoms with Crippen molar-refractivity contribution in [3.63, 3.8) is 0 Å². The molecule has 0 radical (unpaired) electrons. The van der Waals surface area contributed by atoms with Crippen LogP contribution < -0.4 is 16.5 Å². The molecule has 1 saturated heterocycles. The summed E-state index contributed by atoms with van der Waals surface area (Å²) in [5.74, 6) is 0.752. The summed E-state index contributed by atoms with van der Waals surface area (Å²) in [5.41, 5.74) is 9.09. The van der Waals surface area contributed by atoms with Crippen molar-refractivity contribution in [1.82, 2.24) is 21.5 Å². The van der Waals surface area contributed by atoms with Crippen LogP contribution in [0.3, 0.4) is 0 Å². The smallest absolute Gasteiger partial charge is 0.130 e. The van der Waals surface area contributed by atoms with Gasteiger partial charge in [-0.05, 0) is 6.92 Å². The summed E-state index contributed by atoms with van der Waals surface area (Å²) in [6.07, 6.45) is 0. The number of hydrazine groups is 3. The Morgan fingerprint density at radius 1 is 1.45 bits per heavy atom. The fraction of sp³-hybridized carbons (Fsp3) is 0.429. The van der Waals surface area contributed by atoms with E-state index in [1.54, 1.807) is 5.01 Å². The predicted molar refractivity (Wildman–Crippen MR) is 46.5 cm³/mol. The first-order chi connectivity index (χ1) is 5.22. The third-order valence-electron chi connectivity index (χ3n) is 1.03. The Bertz CT molecular complexity index is 153. The van der Waals surface area contributed by atoms with Crippen LogP contribution in [0.1, 0.15) is 20.8 Å². The fourth-order valence-electron chi connectivity index (χ4n) is 0.605. The van der Waals surface area contributed by atoms with Crippen LogP contribution in [0.2, 0.25) is 0 Å². The molecular formula is C7H16N4. The van der Waals surface area contributed by atoms with E-state index >= 15 is 0 Å². The minimum absolute atomic E-state index is 0.752. The SMILES string of the molecule is C=C(C)N1NNNC1=C.CC. The third-order valence-corrected chi connectivity index (χ3v) is 1.03. The van der Waals surface area contributed by atoms with Crippen LogP contribution >= 0.6 is 0 Å². The van der Waals surface area contributed by atoms with Crippen molar-refractivity contribution in [2.45, 2.75) is 20.8 Å². The van der Waals surface area contributed by atoms with Crippen LogP contribution in [-0.4, -0.2) is 5.01 Å². The van der Waals surface area contributed by atoms with E-state index in [1.807, 2.05) is 20.8 Å². The average molecular weight is 156 g/mol. The highest BCUT2D eigenvalue weighted by Crippen LogP contribution is 2.03. The first-order valence-electron chi connectivity index (χ1n) is 3.63. The molecule has 0 spiro atoms. The lowest BCUT2D eigenvalue weighted by atomic mass is 10.5. The molecule has 1 heterocycles. The third kappa shape index (κ3) is 2.61. The number of nitrogens with one attached hydrogen (secondary N) is 3. The summed E-state index contributed by atoms with van der Waals surface area (Å²) >= 11 is 0. The molecule has 0 bridgehead atoms. The van der Waals surface area contributed by atoms with Gasteiger partial charge in [-0.15, -0.1) is 5.53 Å². The van der Waals surface area contributed by atoms with Crippen LogP contribution in [0.25, 0.3) is 0 Å². The van der Waals surface area contributed by atoms with E-state index in [1.165, 1.54) is 0 Å². The van der Waals surface area contributed by atoms with Crippen molar-refractivity contribution in [2.75, 3.05) is 0 Å². The lowest BCUT2D eigenvalue weighted by Gasteiger charge is -2.14. The molecule has 0 unspecified atom stereocenters. The van der Waals surface area contributed by atoms with Gasteiger partial charge in [0.2, 0.25) is 0 Å². The monoisotopic (exact) mass is 156 g/mol. The second kappa shape index (κ2) is 4.76. The highest BCUT2D eigenvalue weighted by atomic mass is 15.9. The summed E-state index contributed by atoms with van der Waals surface area (Å²) in [6, 6.07) is 0. The van der Waals surface area contributed by atoms with Crippen LogP contribution in [-0.2, 0) is 0 Å². The lowest BCUT2D eigenvalue weighted by molar-refractivity contribution is 0.335. The van der Waals surface area contributed by atoms with E-state index in [0.29, 0.717) is 0 Å². The van der Waals surface area contributed by atoms with Gasteiger partial charge < -0.3 is 0 Å². The lowest BCUT2D eigenvalue weighted by Crippen LogP contribution is -2.35. The molecule has 4 nitrogen and oxygen atoms in total. The zero-order valence-electron chi connectivity index (χ0n) is 7.36. The molecule has 1 fully saturated rings. The maximum absolute atomic E-state index is 3.71.